The first-order valence-electron chi connectivity index (χ1n) is 9.60. The van der Waals surface area contributed by atoms with E-state index in [4.69, 9.17) is 9.84 Å². The van der Waals surface area contributed by atoms with Crippen LogP contribution in [0.1, 0.15) is 70.3 Å². The third kappa shape index (κ3) is 3.91. The molecule has 1 N–H and O–H groups in total. The van der Waals surface area contributed by atoms with Gasteiger partial charge in [-0.15, -0.1) is 0 Å². The summed E-state index contributed by atoms with van der Waals surface area (Å²) in [6.07, 6.45) is 11.6. The summed E-state index contributed by atoms with van der Waals surface area (Å²) in [5.74, 6) is 2.88. The second-order valence-corrected chi connectivity index (χ2v) is 7.74. The van der Waals surface area contributed by atoms with Crippen molar-refractivity contribution in [1.82, 2.24) is 0 Å². The Bertz CT molecular complexity index is 467. The Hall–Kier alpha value is -1.02. The van der Waals surface area contributed by atoms with Gasteiger partial charge < -0.3 is 9.84 Å². The first kappa shape index (κ1) is 16.8. The summed E-state index contributed by atoms with van der Waals surface area (Å²) in [6.45, 7) is 3.33. The van der Waals surface area contributed by atoms with Crippen LogP contribution in [0.3, 0.4) is 0 Å². The van der Waals surface area contributed by atoms with E-state index in [1.807, 2.05) is 0 Å². The van der Waals surface area contributed by atoms with E-state index in [0.717, 1.165) is 30.4 Å². The Balaban J connectivity index is 1.67. The molecule has 2 saturated carbocycles. The van der Waals surface area contributed by atoms with E-state index >= 15 is 0 Å². The van der Waals surface area contributed by atoms with E-state index < -0.39 is 0 Å². The van der Waals surface area contributed by atoms with E-state index in [0.29, 0.717) is 12.0 Å². The maximum Gasteiger partial charge on any atom is 0.119 e. The number of aliphatic hydroxyl groups excluding tert-OH is 1. The molecule has 2 unspecified atom stereocenters. The van der Waals surface area contributed by atoms with E-state index in [1.54, 1.807) is 0 Å². The first-order chi connectivity index (χ1) is 11.3. The van der Waals surface area contributed by atoms with Crippen LogP contribution in [0.25, 0.3) is 0 Å². The van der Waals surface area contributed by atoms with Gasteiger partial charge in [-0.2, -0.15) is 0 Å². The highest BCUT2D eigenvalue weighted by molar-refractivity contribution is 5.33. The summed E-state index contributed by atoms with van der Waals surface area (Å²) in [6, 6.07) is 8.92. The minimum absolute atomic E-state index is 0.254. The fourth-order valence-corrected chi connectivity index (χ4v) is 5.00. The molecule has 2 aliphatic rings. The summed E-state index contributed by atoms with van der Waals surface area (Å²) < 4.78 is 5.78. The van der Waals surface area contributed by atoms with Gasteiger partial charge >= 0.3 is 0 Å². The SMILES string of the molecule is CCC1(c2ccc(OCCCCO)cc2)CC2CCCC(C2)C1. The van der Waals surface area contributed by atoms with Crippen LogP contribution >= 0.6 is 0 Å². The van der Waals surface area contributed by atoms with Gasteiger partial charge in [0.05, 0.1) is 6.61 Å². The van der Waals surface area contributed by atoms with Crippen LogP contribution in [0, 0.1) is 11.8 Å². The second kappa shape index (κ2) is 7.70. The molecule has 2 aliphatic carbocycles. The molecule has 2 fully saturated rings. The molecule has 0 aliphatic heterocycles. The van der Waals surface area contributed by atoms with Crippen molar-refractivity contribution in [2.75, 3.05) is 13.2 Å². The molecule has 128 valence electrons. The molecule has 0 amide bonds. The van der Waals surface area contributed by atoms with Crippen molar-refractivity contribution in [3.8, 4) is 5.75 Å². The summed E-state index contributed by atoms with van der Waals surface area (Å²) in [5.41, 5.74) is 1.93. The van der Waals surface area contributed by atoms with Gasteiger partial charge in [0.1, 0.15) is 5.75 Å². The maximum atomic E-state index is 8.81. The third-order valence-corrected chi connectivity index (χ3v) is 6.21. The number of hydrogen-bond donors (Lipinski definition) is 1. The molecule has 0 radical (unpaired) electrons. The Labute approximate surface area is 141 Å². The van der Waals surface area contributed by atoms with Crippen molar-refractivity contribution >= 4 is 0 Å². The van der Waals surface area contributed by atoms with E-state index in [1.165, 1.54) is 50.5 Å². The highest BCUT2D eigenvalue weighted by Gasteiger charge is 2.41. The fraction of sp³-hybridized carbons (Fsp3) is 0.714. The Morgan fingerprint density at radius 2 is 1.78 bits per heavy atom. The highest BCUT2D eigenvalue weighted by Crippen LogP contribution is 2.51. The van der Waals surface area contributed by atoms with Gasteiger partial charge in [0, 0.05) is 6.61 Å². The van der Waals surface area contributed by atoms with Crippen LogP contribution in [0.5, 0.6) is 5.75 Å². The van der Waals surface area contributed by atoms with Crippen LogP contribution in [0.4, 0.5) is 0 Å². The van der Waals surface area contributed by atoms with Gasteiger partial charge in [-0.25, -0.2) is 0 Å². The molecule has 23 heavy (non-hydrogen) atoms. The molecule has 1 aromatic rings. The van der Waals surface area contributed by atoms with Crippen molar-refractivity contribution in [1.29, 1.82) is 0 Å². The van der Waals surface area contributed by atoms with Gasteiger partial charge in [0.25, 0.3) is 0 Å². The lowest BCUT2D eigenvalue weighted by Gasteiger charge is -2.47. The first-order valence-corrected chi connectivity index (χ1v) is 9.60. The van der Waals surface area contributed by atoms with Crippen LogP contribution < -0.4 is 4.74 Å². The molecule has 3 rings (SSSR count). The van der Waals surface area contributed by atoms with Crippen molar-refractivity contribution < 1.29 is 9.84 Å². The Morgan fingerprint density at radius 1 is 1.09 bits per heavy atom. The average molecular weight is 316 g/mol. The number of hydrogen-bond acceptors (Lipinski definition) is 2. The van der Waals surface area contributed by atoms with Crippen LogP contribution in [-0.2, 0) is 5.41 Å². The van der Waals surface area contributed by atoms with Crippen molar-refractivity contribution in [2.45, 2.75) is 70.1 Å². The minimum Gasteiger partial charge on any atom is -0.494 e. The number of unbranched alkanes of at least 4 members (excludes halogenated alkanes) is 1. The molecular formula is C21H32O2. The zero-order valence-corrected chi connectivity index (χ0v) is 14.6. The predicted molar refractivity (Wildman–Crippen MR) is 94.9 cm³/mol. The lowest BCUT2D eigenvalue weighted by atomic mass is 9.57. The average Bonchev–Trinajstić information content (AvgIpc) is 2.59. The predicted octanol–water partition coefficient (Wildman–Crippen LogP) is 5.09. The second-order valence-electron chi connectivity index (χ2n) is 7.74. The Morgan fingerprint density at radius 3 is 2.39 bits per heavy atom. The zero-order chi connectivity index (χ0) is 16.1. The monoisotopic (exact) mass is 316 g/mol. The highest BCUT2D eigenvalue weighted by atomic mass is 16.5. The maximum absolute atomic E-state index is 8.81. The van der Waals surface area contributed by atoms with E-state index in [9.17, 15) is 0 Å². The number of rotatable bonds is 7. The quantitative estimate of drug-likeness (QED) is 0.710. The van der Waals surface area contributed by atoms with Crippen molar-refractivity contribution in [2.24, 2.45) is 11.8 Å². The van der Waals surface area contributed by atoms with Gasteiger partial charge in [0.2, 0.25) is 0 Å². The van der Waals surface area contributed by atoms with Gasteiger partial charge in [-0.3, -0.25) is 0 Å². The summed E-state index contributed by atoms with van der Waals surface area (Å²) in [4.78, 5) is 0. The van der Waals surface area contributed by atoms with Gasteiger partial charge in [0.15, 0.2) is 0 Å². The molecule has 0 saturated heterocycles. The smallest absolute Gasteiger partial charge is 0.119 e. The molecule has 2 atom stereocenters. The van der Waals surface area contributed by atoms with Crippen LogP contribution in [-0.4, -0.2) is 18.3 Å². The van der Waals surface area contributed by atoms with Crippen molar-refractivity contribution in [3.63, 3.8) is 0 Å². The largest absolute Gasteiger partial charge is 0.494 e. The lowest BCUT2D eigenvalue weighted by Crippen LogP contribution is -2.38. The van der Waals surface area contributed by atoms with Crippen LogP contribution in [0.15, 0.2) is 24.3 Å². The number of fused-ring (bicyclic) bond motifs is 2. The molecular weight excluding hydrogens is 284 g/mol. The Kier molecular flexibility index (Phi) is 5.63. The fourth-order valence-electron chi connectivity index (χ4n) is 5.00. The zero-order valence-electron chi connectivity index (χ0n) is 14.6. The summed E-state index contributed by atoms with van der Waals surface area (Å²) in [5, 5.41) is 8.81. The number of benzene rings is 1. The lowest BCUT2D eigenvalue weighted by molar-refractivity contribution is 0.106. The van der Waals surface area contributed by atoms with Crippen molar-refractivity contribution in [3.05, 3.63) is 29.8 Å². The topological polar surface area (TPSA) is 29.5 Å². The number of aliphatic hydroxyl groups is 1. The molecule has 0 spiro atoms. The molecule has 0 heterocycles. The standard InChI is InChI=1S/C21H32O2/c1-2-21(15-17-6-5-7-18(14-17)16-21)19-8-10-20(11-9-19)23-13-4-3-12-22/h8-11,17-18,22H,2-7,12-16H2,1H3. The van der Waals surface area contributed by atoms with E-state index in [-0.39, 0.29) is 6.61 Å². The molecule has 2 heteroatoms. The summed E-state index contributed by atoms with van der Waals surface area (Å²) in [7, 11) is 0. The van der Waals surface area contributed by atoms with E-state index in [2.05, 4.69) is 31.2 Å². The molecule has 2 nitrogen and oxygen atoms in total. The molecule has 2 bridgehead atoms. The molecule has 1 aromatic carbocycles. The molecule has 0 aromatic heterocycles. The van der Waals surface area contributed by atoms with Crippen LogP contribution in [0.2, 0.25) is 0 Å². The van der Waals surface area contributed by atoms with Gasteiger partial charge in [-0.05, 0) is 73.5 Å². The summed E-state index contributed by atoms with van der Waals surface area (Å²) >= 11 is 0. The van der Waals surface area contributed by atoms with Gasteiger partial charge in [-0.1, -0.05) is 38.3 Å². The minimum atomic E-state index is 0.254. The number of ether oxygens (including phenoxy) is 1. The normalized spacial score (nSPS) is 30.2. The third-order valence-electron chi connectivity index (χ3n) is 6.21.